The van der Waals surface area contributed by atoms with E-state index in [0.717, 1.165) is 11.1 Å². The lowest BCUT2D eigenvalue weighted by Gasteiger charge is -2.12. The third-order valence-corrected chi connectivity index (χ3v) is 3.73. The van der Waals surface area contributed by atoms with Crippen molar-refractivity contribution in [2.45, 2.75) is 13.8 Å². The quantitative estimate of drug-likeness (QED) is 0.742. The van der Waals surface area contributed by atoms with Gasteiger partial charge in [0.2, 0.25) is 0 Å². The Morgan fingerprint density at radius 2 is 1.39 bits per heavy atom. The van der Waals surface area contributed by atoms with Gasteiger partial charge >= 0.3 is 11.8 Å². The Morgan fingerprint density at radius 1 is 0.826 bits per heavy atom. The summed E-state index contributed by atoms with van der Waals surface area (Å²) in [6.45, 7) is 3.68. The number of hydrogen-bond acceptors (Lipinski definition) is 2. The zero-order chi connectivity index (χ0) is 17.1. The Hall–Kier alpha value is -1.75. The van der Waals surface area contributed by atoms with Crippen LogP contribution in [0.15, 0.2) is 30.3 Å². The number of carbonyl (C=O) groups excluding carboxylic acids is 2. The summed E-state index contributed by atoms with van der Waals surface area (Å²) < 4.78 is 0. The number of nitrogens with one attached hydrogen (secondary N) is 2. The van der Waals surface area contributed by atoms with Crippen LogP contribution < -0.4 is 10.6 Å². The normalized spacial score (nSPS) is 10.3. The van der Waals surface area contributed by atoms with Gasteiger partial charge in [-0.15, -0.1) is 0 Å². The predicted octanol–water partition coefficient (Wildman–Crippen LogP) is 4.84. The van der Waals surface area contributed by atoms with Crippen molar-refractivity contribution in [1.29, 1.82) is 0 Å². The topological polar surface area (TPSA) is 58.2 Å². The Bertz CT molecular complexity index is 748. The summed E-state index contributed by atoms with van der Waals surface area (Å²) in [4.78, 5) is 24.0. The molecule has 0 aromatic heterocycles. The average Bonchev–Trinajstić information content (AvgIpc) is 2.41. The Labute approximate surface area is 148 Å². The smallest absolute Gasteiger partial charge is 0.314 e. The number of amides is 2. The molecule has 0 bridgehead atoms. The zero-order valence-corrected chi connectivity index (χ0v) is 14.6. The van der Waals surface area contributed by atoms with E-state index < -0.39 is 11.8 Å². The van der Waals surface area contributed by atoms with Crippen LogP contribution in [0.4, 0.5) is 11.4 Å². The van der Waals surface area contributed by atoms with E-state index >= 15 is 0 Å². The summed E-state index contributed by atoms with van der Waals surface area (Å²) in [6.07, 6.45) is 0. The van der Waals surface area contributed by atoms with Crippen LogP contribution in [0.5, 0.6) is 0 Å². The first-order valence-electron chi connectivity index (χ1n) is 6.61. The van der Waals surface area contributed by atoms with Crippen LogP contribution in [0.1, 0.15) is 11.1 Å². The van der Waals surface area contributed by atoms with Crippen molar-refractivity contribution in [2.24, 2.45) is 0 Å². The van der Waals surface area contributed by atoms with Gasteiger partial charge in [0.15, 0.2) is 0 Å². The van der Waals surface area contributed by atoms with Crippen molar-refractivity contribution in [2.75, 3.05) is 10.6 Å². The molecule has 23 heavy (non-hydrogen) atoms. The Balaban J connectivity index is 2.13. The van der Waals surface area contributed by atoms with Gasteiger partial charge < -0.3 is 10.6 Å². The highest BCUT2D eigenvalue weighted by Crippen LogP contribution is 2.27. The van der Waals surface area contributed by atoms with Gasteiger partial charge in [-0.2, -0.15) is 0 Å². The zero-order valence-electron chi connectivity index (χ0n) is 12.3. The molecule has 2 N–H and O–H groups in total. The van der Waals surface area contributed by atoms with Crippen LogP contribution in [0.2, 0.25) is 15.1 Å². The molecule has 120 valence electrons. The SMILES string of the molecule is Cc1cc(C)c(NC(=O)C(=O)Nc2cc(Cl)cc(Cl)c2)c(Cl)c1. The summed E-state index contributed by atoms with van der Waals surface area (Å²) in [5.74, 6) is -1.69. The maximum Gasteiger partial charge on any atom is 0.314 e. The summed E-state index contributed by atoms with van der Waals surface area (Å²) in [5, 5.41) is 6.01. The highest BCUT2D eigenvalue weighted by atomic mass is 35.5. The van der Waals surface area contributed by atoms with Crippen molar-refractivity contribution < 1.29 is 9.59 Å². The second-order valence-electron chi connectivity index (χ2n) is 5.01. The first kappa shape index (κ1) is 17.6. The van der Waals surface area contributed by atoms with Gasteiger partial charge in [0, 0.05) is 15.7 Å². The van der Waals surface area contributed by atoms with E-state index in [-0.39, 0.29) is 0 Å². The first-order chi connectivity index (χ1) is 10.8. The molecule has 7 heteroatoms. The van der Waals surface area contributed by atoms with E-state index in [2.05, 4.69) is 10.6 Å². The van der Waals surface area contributed by atoms with Gasteiger partial charge in [0.05, 0.1) is 10.7 Å². The number of aryl methyl sites for hydroxylation is 2. The van der Waals surface area contributed by atoms with Gasteiger partial charge in [-0.3, -0.25) is 9.59 Å². The van der Waals surface area contributed by atoms with Gasteiger partial charge in [-0.05, 0) is 49.2 Å². The molecule has 0 unspecified atom stereocenters. The Morgan fingerprint density at radius 3 is 1.96 bits per heavy atom. The highest BCUT2D eigenvalue weighted by molar-refractivity contribution is 6.45. The summed E-state index contributed by atoms with van der Waals surface area (Å²) in [5.41, 5.74) is 2.46. The highest BCUT2D eigenvalue weighted by Gasteiger charge is 2.17. The molecule has 2 aromatic rings. The number of hydrogen-bond donors (Lipinski definition) is 2. The fourth-order valence-corrected chi connectivity index (χ4v) is 2.95. The summed E-state index contributed by atoms with van der Waals surface area (Å²) in [6, 6.07) is 8.06. The number of halogens is 3. The van der Waals surface area contributed by atoms with Crippen LogP contribution in [0.25, 0.3) is 0 Å². The van der Waals surface area contributed by atoms with Crippen molar-refractivity contribution in [3.05, 3.63) is 56.5 Å². The third-order valence-electron chi connectivity index (χ3n) is 3.00. The van der Waals surface area contributed by atoms with Gasteiger partial charge in [0.25, 0.3) is 0 Å². The second-order valence-corrected chi connectivity index (χ2v) is 6.29. The minimum absolute atomic E-state index is 0.328. The molecule has 0 heterocycles. The molecule has 0 fully saturated rings. The van der Waals surface area contributed by atoms with Crippen molar-refractivity contribution >= 4 is 58.0 Å². The Kier molecular flexibility index (Phi) is 5.52. The summed E-state index contributed by atoms with van der Waals surface area (Å²) >= 11 is 17.8. The molecule has 0 aliphatic carbocycles. The maximum atomic E-state index is 12.0. The molecule has 0 aliphatic heterocycles. The van der Waals surface area contributed by atoms with E-state index in [9.17, 15) is 9.59 Å². The summed E-state index contributed by atoms with van der Waals surface area (Å²) in [7, 11) is 0. The fraction of sp³-hybridized carbons (Fsp3) is 0.125. The van der Waals surface area contributed by atoms with Crippen molar-refractivity contribution in [3.8, 4) is 0 Å². The van der Waals surface area contributed by atoms with E-state index in [0.29, 0.717) is 26.4 Å². The largest absolute Gasteiger partial charge is 0.318 e. The molecular formula is C16H13Cl3N2O2. The monoisotopic (exact) mass is 370 g/mol. The fourth-order valence-electron chi connectivity index (χ4n) is 2.06. The maximum absolute atomic E-state index is 12.0. The second kappa shape index (κ2) is 7.21. The lowest BCUT2D eigenvalue weighted by atomic mass is 10.1. The molecule has 2 aromatic carbocycles. The van der Waals surface area contributed by atoms with E-state index in [1.807, 2.05) is 13.0 Å². The number of anilines is 2. The molecule has 0 saturated carbocycles. The lowest BCUT2D eigenvalue weighted by Crippen LogP contribution is -2.29. The van der Waals surface area contributed by atoms with Crippen LogP contribution in [-0.4, -0.2) is 11.8 Å². The van der Waals surface area contributed by atoms with Gasteiger partial charge in [0.1, 0.15) is 0 Å². The molecule has 0 aliphatic rings. The van der Waals surface area contributed by atoms with E-state index in [1.165, 1.54) is 18.2 Å². The van der Waals surface area contributed by atoms with Crippen molar-refractivity contribution in [3.63, 3.8) is 0 Å². The number of carbonyl (C=O) groups is 2. The molecule has 0 radical (unpaired) electrons. The average molecular weight is 372 g/mol. The van der Waals surface area contributed by atoms with Crippen LogP contribution >= 0.6 is 34.8 Å². The first-order valence-corrected chi connectivity index (χ1v) is 7.75. The van der Waals surface area contributed by atoms with E-state index in [4.69, 9.17) is 34.8 Å². The molecule has 2 rings (SSSR count). The standard InChI is InChI=1S/C16H13Cl3N2O2/c1-8-3-9(2)14(13(19)4-8)21-16(23)15(22)20-12-6-10(17)5-11(18)7-12/h3-7H,1-2H3,(H,20,22)(H,21,23). The van der Waals surface area contributed by atoms with E-state index in [1.54, 1.807) is 13.0 Å². The van der Waals surface area contributed by atoms with Crippen LogP contribution in [0.3, 0.4) is 0 Å². The molecule has 0 atom stereocenters. The lowest BCUT2D eigenvalue weighted by molar-refractivity contribution is -0.133. The van der Waals surface area contributed by atoms with Crippen molar-refractivity contribution in [1.82, 2.24) is 0 Å². The van der Waals surface area contributed by atoms with Crippen LogP contribution in [0, 0.1) is 13.8 Å². The van der Waals surface area contributed by atoms with Gasteiger partial charge in [-0.25, -0.2) is 0 Å². The van der Waals surface area contributed by atoms with Gasteiger partial charge in [-0.1, -0.05) is 40.9 Å². The molecule has 4 nitrogen and oxygen atoms in total. The molecule has 0 spiro atoms. The number of rotatable bonds is 2. The molecule has 0 saturated heterocycles. The molecule has 2 amide bonds. The minimum atomic E-state index is -0.848. The third kappa shape index (κ3) is 4.61. The minimum Gasteiger partial charge on any atom is -0.318 e. The van der Waals surface area contributed by atoms with Crippen LogP contribution in [-0.2, 0) is 9.59 Å². The molecular weight excluding hydrogens is 359 g/mol. The predicted molar refractivity (Wildman–Crippen MR) is 94.6 cm³/mol. The number of benzene rings is 2.